The van der Waals surface area contributed by atoms with Gasteiger partial charge in [0.2, 0.25) is 0 Å². The van der Waals surface area contributed by atoms with Gasteiger partial charge < -0.3 is 10.2 Å². The van der Waals surface area contributed by atoms with Crippen molar-refractivity contribution in [2.45, 2.75) is 44.8 Å². The first-order valence-electron chi connectivity index (χ1n) is 8.32. The highest BCUT2D eigenvalue weighted by Gasteiger charge is 2.43. The number of amides is 2. The molecule has 0 radical (unpaired) electrons. The normalized spacial score (nSPS) is 20.3. The van der Waals surface area contributed by atoms with Crippen molar-refractivity contribution in [1.29, 1.82) is 0 Å². The summed E-state index contributed by atoms with van der Waals surface area (Å²) in [5, 5.41) is 6.80. The number of likely N-dealkylation sites (tertiary alicyclic amines) is 1. The number of alkyl halides is 1. The number of hydrogen-bond acceptors (Lipinski definition) is 3. The van der Waals surface area contributed by atoms with E-state index in [1.54, 1.807) is 21.8 Å². The number of carbonyl (C=O) groups is 2. The predicted molar refractivity (Wildman–Crippen MR) is 82.6 cm³/mol. The molecule has 0 aromatic carbocycles. The van der Waals surface area contributed by atoms with Crippen LogP contribution in [0.25, 0.3) is 0 Å². The molecule has 1 aliphatic heterocycles. The van der Waals surface area contributed by atoms with E-state index in [4.69, 9.17) is 0 Å². The SMILES string of the molecule is CCn1nccc1C(=O)N1CCC(F)(C(=O)NCC2CC2)CC1. The van der Waals surface area contributed by atoms with E-state index in [9.17, 15) is 14.0 Å². The van der Waals surface area contributed by atoms with Crippen molar-refractivity contribution in [2.24, 2.45) is 5.92 Å². The molecule has 7 heteroatoms. The minimum absolute atomic E-state index is 0.0511. The van der Waals surface area contributed by atoms with Crippen LogP contribution in [0, 0.1) is 5.92 Å². The fourth-order valence-electron chi connectivity index (χ4n) is 2.94. The van der Waals surface area contributed by atoms with Gasteiger partial charge in [-0.25, -0.2) is 4.39 Å². The maximum atomic E-state index is 14.8. The van der Waals surface area contributed by atoms with Crippen molar-refractivity contribution in [3.8, 4) is 0 Å². The summed E-state index contributed by atoms with van der Waals surface area (Å²) in [7, 11) is 0. The van der Waals surface area contributed by atoms with Gasteiger partial charge in [-0.3, -0.25) is 14.3 Å². The Bertz CT molecular complexity index is 589. The number of aromatic nitrogens is 2. The molecule has 2 amide bonds. The lowest BCUT2D eigenvalue weighted by atomic mass is 9.92. The molecule has 1 aliphatic carbocycles. The molecule has 1 aromatic heterocycles. The standard InChI is InChI=1S/C16H23FN4O2/c1-2-21-13(5-8-19-21)14(22)20-9-6-16(17,7-10-20)15(23)18-11-12-3-4-12/h5,8,12H,2-4,6-7,9-11H2,1H3,(H,18,23). The molecule has 0 spiro atoms. The summed E-state index contributed by atoms with van der Waals surface area (Å²) < 4.78 is 16.4. The number of rotatable bonds is 5. The summed E-state index contributed by atoms with van der Waals surface area (Å²) in [6, 6.07) is 1.67. The minimum atomic E-state index is -1.85. The Balaban J connectivity index is 1.56. The number of halogens is 1. The lowest BCUT2D eigenvalue weighted by molar-refractivity contribution is -0.135. The van der Waals surface area contributed by atoms with E-state index in [-0.39, 0.29) is 31.8 Å². The zero-order chi connectivity index (χ0) is 16.4. The topological polar surface area (TPSA) is 67.2 Å². The van der Waals surface area contributed by atoms with E-state index in [0.29, 0.717) is 24.7 Å². The third-order valence-electron chi connectivity index (χ3n) is 4.73. The van der Waals surface area contributed by atoms with Crippen LogP contribution < -0.4 is 5.32 Å². The zero-order valence-corrected chi connectivity index (χ0v) is 13.4. The molecule has 1 saturated heterocycles. The summed E-state index contributed by atoms with van der Waals surface area (Å²) in [4.78, 5) is 26.1. The van der Waals surface area contributed by atoms with E-state index in [0.717, 1.165) is 12.8 Å². The molecule has 3 rings (SSSR count). The maximum absolute atomic E-state index is 14.8. The van der Waals surface area contributed by atoms with Crippen molar-refractivity contribution in [1.82, 2.24) is 20.0 Å². The van der Waals surface area contributed by atoms with Crippen molar-refractivity contribution in [3.05, 3.63) is 18.0 Å². The minimum Gasteiger partial charge on any atom is -0.353 e. The van der Waals surface area contributed by atoms with E-state index in [2.05, 4.69) is 10.4 Å². The van der Waals surface area contributed by atoms with Crippen LogP contribution in [0.1, 0.15) is 43.1 Å². The second kappa shape index (κ2) is 6.29. The summed E-state index contributed by atoms with van der Waals surface area (Å²) in [5.74, 6) is -0.140. The van der Waals surface area contributed by atoms with Gasteiger partial charge in [-0.2, -0.15) is 5.10 Å². The van der Waals surface area contributed by atoms with Crippen LogP contribution in [0.4, 0.5) is 4.39 Å². The number of nitrogens with one attached hydrogen (secondary N) is 1. The van der Waals surface area contributed by atoms with Gasteiger partial charge in [-0.15, -0.1) is 0 Å². The molecule has 2 heterocycles. The van der Waals surface area contributed by atoms with Crippen LogP contribution in [0.3, 0.4) is 0 Å². The molecule has 0 bridgehead atoms. The first-order valence-corrected chi connectivity index (χ1v) is 8.32. The van der Waals surface area contributed by atoms with Gasteiger partial charge in [0, 0.05) is 45.2 Å². The average molecular weight is 322 g/mol. The molecule has 0 unspecified atom stereocenters. The largest absolute Gasteiger partial charge is 0.353 e. The molecule has 0 atom stereocenters. The lowest BCUT2D eigenvalue weighted by Gasteiger charge is -2.35. The first-order chi connectivity index (χ1) is 11.0. The highest BCUT2D eigenvalue weighted by molar-refractivity contribution is 5.93. The van der Waals surface area contributed by atoms with Crippen LogP contribution >= 0.6 is 0 Å². The summed E-state index contributed by atoms with van der Waals surface area (Å²) >= 11 is 0. The lowest BCUT2D eigenvalue weighted by Crippen LogP contribution is -2.52. The molecule has 1 aromatic rings. The highest BCUT2D eigenvalue weighted by Crippen LogP contribution is 2.30. The molecule has 2 fully saturated rings. The number of aryl methyl sites for hydroxylation is 1. The first kappa shape index (κ1) is 16.0. The van der Waals surface area contributed by atoms with E-state index < -0.39 is 11.6 Å². The second-order valence-electron chi connectivity index (χ2n) is 6.44. The van der Waals surface area contributed by atoms with Crippen LogP contribution in [-0.2, 0) is 11.3 Å². The van der Waals surface area contributed by atoms with E-state index >= 15 is 0 Å². The quantitative estimate of drug-likeness (QED) is 0.890. The van der Waals surface area contributed by atoms with Crippen LogP contribution in [0.15, 0.2) is 12.3 Å². The average Bonchev–Trinajstić information content (AvgIpc) is 3.27. The molecule has 1 saturated carbocycles. The number of piperidine rings is 1. The van der Waals surface area contributed by atoms with Crippen LogP contribution in [0.2, 0.25) is 0 Å². The Hall–Kier alpha value is -1.92. The van der Waals surface area contributed by atoms with E-state index in [1.807, 2.05) is 6.92 Å². The van der Waals surface area contributed by atoms with Gasteiger partial charge in [0.15, 0.2) is 5.67 Å². The molecule has 6 nitrogen and oxygen atoms in total. The predicted octanol–water partition coefficient (Wildman–Crippen LogP) is 1.37. The Morgan fingerprint density at radius 3 is 2.70 bits per heavy atom. The van der Waals surface area contributed by atoms with Crippen molar-refractivity contribution in [2.75, 3.05) is 19.6 Å². The van der Waals surface area contributed by atoms with Gasteiger partial charge in [-0.05, 0) is 31.7 Å². The third kappa shape index (κ3) is 3.38. The second-order valence-corrected chi connectivity index (χ2v) is 6.44. The fraction of sp³-hybridized carbons (Fsp3) is 0.688. The molecular formula is C16H23FN4O2. The van der Waals surface area contributed by atoms with Crippen molar-refractivity contribution < 1.29 is 14.0 Å². The Kier molecular flexibility index (Phi) is 4.37. The van der Waals surface area contributed by atoms with Gasteiger partial charge >= 0.3 is 0 Å². The Labute approximate surface area is 135 Å². The van der Waals surface area contributed by atoms with Gasteiger partial charge in [0.05, 0.1) is 0 Å². The smallest absolute Gasteiger partial charge is 0.272 e. The van der Waals surface area contributed by atoms with Gasteiger partial charge in [-0.1, -0.05) is 0 Å². The van der Waals surface area contributed by atoms with Gasteiger partial charge in [0.1, 0.15) is 5.69 Å². The zero-order valence-electron chi connectivity index (χ0n) is 13.4. The Morgan fingerprint density at radius 2 is 2.09 bits per heavy atom. The number of nitrogens with zero attached hydrogens (tertiary/aromatic N) is 3. The molecule has 23 heavy (non-hydrogen) atoms. The van der Waals surface area contributed by atoms with Gasteiger partial charge in [0.25, 0.3) is 11.8 Å². The van der Waals surface area contributed by atoms with Crippen LogP contribution in [0.5, 0.6) is 0 Å². The van der Waals surface area contributed by atoms with E-state index in [1.165, 1.54) is 0 Å². The fourth-order valence-corrected chi connectivity index (χ4v) is 2.94. The molecule has 2 aliphatic rings. The highest BCUT2D eigenvalue weighted by atomic mass is 19.1. The molecule has 1 N–H and O–H groups in total. The van der Waals surface area contributed by atoms with Crippen LogP contribution in [-0.4, -0.2) is 51.8 Å². The van der Waals surface area contributed by atoms with Crippen molar-refractivity contribution in [3.63, 3.8) is 0 Å². The third-order valence-corrected chi connectivity index (χ3v) is 4.73. The monoisotopic (exact) mass is 322 g/mol. The van der Waals surface area contributed by atoms with Crippen molar-refractivity contribution >= 4 is 11.8 Å². The summed E-state index contributed by atoms with van der Waals surface area (Å²) in [5.41, 5.74) is -1.34. The molecular weight excluding hydrogens is 299 g/mol. The summed E-state index contributed by atoms with van der Waals surface area (Å²) in [6.07, 6.45) is 3.93. The molecule has 126 valence electrons. The maximum Gasteiger partial charge on any atom is 0.272 e. The summed E-state index contributed by atoms with van der Waals surface area (Å²) in [6.45, 7) is 3.60. The number of carbonyl (C=O) groups excluding carboxylic acids is 2. The number of hydrogen-bond donors (Lipinski definition) is 1. The Morgan fingerprint density at radius 1 is 1.39 bits per heavy atom.